The van der Waals surface area contributed by atoms with Crippen LogP contribution >= 0.6 is 11.6 Å². The molecule has 0 spiro atoms. The van der Waals surface area contributed by atoms with Crippen molar-refractivity contribution in [2.75, 3.05) is 26.8 Å². The Morgan fingerprint density at radius 2 is 1.94 bits per heavy atom. The number of aromatic nitrogens is 1. The summed E-state index contributed by atoms with van der Waals surface area (Å²) in [5, 5.41) is 11.3. The van der Waals surface area contributed by atoms with Crippen molar-refractivity contribution in [1.29, 1.82) is 0 Å². The number of hydrogen-bond acceptors (Lipinski definition) is 4. The highest BCUT2D eigenvalue weighted by molar-refractivity contribution is 6.74. The Kier molecular flexibility index (Phi) is 8.20. The average molecular weight is 507 g/mol. The van der Waals surface area contributed by atoms with Crippen molar-refractivity contribution < 1.29 is 19.1 Å². The van der Waals surface area contributed by atoms with Crippen molar-refractivity contribution in [2.24, 2.45) is 5.41 Å². The van der Waals surface area contributed by atoms with Gasteiger partial charge in [-0.15, -0.1) is 0 Å². The quantitative estimate of drug-likeness (QED) is 0.390. The predicted molar refractivity (Wildman–Crippen MR) is 141 cm³/mol. The van der Waals surface area contributed by atoms with Crippen molar-refractivity contribution in [3.05, 3.63) is 35.0 Å². The number of ether oxygens (including phenoxy) is 1. The van der Waals surface area contributed by atoms with Gasteiger partial charge in [-0.3, -0.25) is 4.98 Å². The number of nitrogens with zero attached hydrogens (tertiary/aromatic N) is 2. The van der Waals surface area contributed by atoms with E-state index in [-0.39, 0.29) is 10.5 Å². The molecule has 0 atom stereocenters. The minimum Gasteiger partial charge on any atom is -0.497 e. The number of piperidine rings is 1. The molecule has 2 aromatic rings. The fourth-order valence-corrected chi connectivity index (χ4v) is 5.76. The van der Waals surface area contributed by atoms with Crippen molar-refractivity contribution in [3.8, 4) is 5.75 Å². The topological polar surface area (TPSA) is 71.9 Å². The standard InChI is InChI=1S/C26H39ClN2O4Si/c1-25(2,3)34(5,6)33-18-26(12-14-29(15-13-26)24(30)31)11-7-8-20-21-16-19(32-4)9-10-23(21)28-17-22(20)27/h9-10,16-17H,7-8,11-15,18H2,1-6H3,(H,30,31). The summed E-state index contributed by atoms with van der Waals surface area (Å²) in [7, 11) is -0.246. The SMILES string of the molecule is COc1ccc2ncc(Cl)c(CCCC3(CO[Si](C)(C)C(C)(C)C)CCN(C(=O)O)CC3)c2c1. The number of halogens is 1. The van der Waals surface area contributed by atoms with Crippen LogP contribution < -0.4 is 4.74 Å². The van der Waals surface area contributed by atoms with Crippen LogP contribution in [0.2, 0.25) is 23.2 Å². The van der Waals surface area contributed by atoms with Gasteiger partial charge in [0.2, 0.25) is 0 Å². The molecule has 2 heterocycles. The fourth-order valence-electron chi connectivity index (χ4n) is 4.41. The first-order chi connectivity index (χ1) is 15.9. The van der Waals surface area contributed by atoms with E-state index < -0.39 is 14.4 Å². The Hall–Kier alpha value is -1.83. The molecule has 1 aromatic carbocycles. The van der Waals surface area contributed by atoms with E-state index in [4.69, 9.17) is 20.8 Å². The van der Waals surface area contributed by atoms with Crippen molar-refractivity contribution in [2.45, 2.75) is 71.0 Å². The molecule has 1 N–H and O–H groups in total. The van der Waals surface area contributed by atoms with E-state index in [1.54, 1.807) is 13.3 Å². The number of pyridine rings is 1. The number of carbonyl (C=O) groups is 1. The van der Waals surface area contributed by atoms with Gasteiger partial charge in [-0.05, 0) is 79.4 Å². The van der Waals surface area contributed by atoms with Gasteiger partial charge in [0.1, 0.15) is 5.75 Å². The van der Waals surface area contributed by atoms with E-state index in [2.05, 4.69) is 38.8 Å². The smallest absolute Gasteiger partial charge is 0.407 e. The summed E-state index contributed by atoms with van der Waals surface area (Å²) in [6.45, 7) is 13.1. The maximum Gasteiger partial charge on any atom is 0.407 e. The van der Waals surface area contributed by atoms with Crippen LogP contribution in [0.15, 0.2) is 24.4 Å². The highest BCUT2D eigenvalue weighted by Gasteiger charge is 2.42. The number of amides is 1. The zero-order valence-electron chi connectivity index (χ0n) is 21.4. The first-order valence-corrected chi connectivity index (χ1v) is 15.4. The zero-order valence-corrected chi connectivity index (χ0v) is 23.2. The Labute approximate surface area is 209 Å². The van der Waals surface area contributed by atoms with E-state index in [9.17, 15) is 9.90 Å². The second-order valence-electron chi connectivity index (χ2n) is 11.1. The number of fused-ring (bicyclic) bond motifs is 1. The molecule has 1 saturated heterocycles. The normalized spacial score (nSPS) is 16.6. The van der Waals surface area contributed by atoms with Crippen LogP contribution in [0, 0.1) is 5.41 Å². The minimum atomic E-state index is -1.91. The predicted octanol–water partition coefficient (Wildman–Crippen LogP) is 7.00. The van der Waals surface area contributed by atoms with Crippen molar-refractivity contribution in [1.82, 2.24) is 9.88 Å². The van der Waals surface area contributed by atoms with E-state index in [0.717, 1.165) is 54.3 Å². The van der Waals surface area contributed by atoms with Gasteiger partial charge in [-0.1, -0.05) is 32.4 Å². The van der Waals surface area contributed by atoms with Crippen LogP contribution in [-0.2, 0) is 10.8 Å². The van der Waals surface area contributed by atoms with E-state index in [0.29, 0.717) is 24.7 Å². The fraction of sp³-hybridized carbons (Fsp3) is 0.615. The molecule has 0 bridgehead atoms. The number of methoxy groups -OCH3 is 1. The van der Waals surface area contributed by atoms with E-state index >= 15 is 0 Å². The van der Waals surface area contributed by atoms with E-state index in [1.807, 2.05) is 18.2 Å². The van der Waals surface area contributed by atoms with Gasteiger partial charge in [-0.2, -0.15) is 0 Å². The van der Waals surface area contributed by atoms with Crippen LogP contribution in [0.25, 0.3) is 10.9 Å². The summed E-state index contributed by atoms with van der Waals surface area (Å²) < 4.78 is 12.1. The molecule has 188 valence electrons. The van der Waals surface area contributed by atoms with Crippen molar-refractivity contribution >= 4 is 36.9 Å². The lowest BCUT2D eigenvalue weighted by Crippen LogP contribution is -2.48. The molecule has 1 aliphatic rings. The van der Waals surface area contributed by atoms with Crippen molar-refractivity contribution in [3.63, 3.8) is 0 Å². The number of aryl methyl sites for hydroxylation is 1. The lowest BCUT2D eigenvalue weighted by molar-refractivity contribution is 0.0410. The Morgan fingerprint density at radius 1 is 1.26 bits per heavy atom. The number of carboxylic acid groups (broad SMARTS) is 1. The lowest BCUT2D eigenvalue weighted by atomic mass is 9.75. The molecule has 1 aromatic heterocycles. The molecule has 0 saturated carbocycles. The number of likely N-dealkylation sites (tertiary alicyclic amines) is 1. The Bertz CT molecular complexity index is 1010. The largest absolute Gasteiger partial charge is 0.497 e. The average Bonchev–Trinajstić information content (AvgIpc) is 2.78. The second-order valence-corrected chi connectivity index (χ2v) is 16.4. The van der Waals surface area contributed by atoms with Gasteiger partial charge >= 0.3 is 6.09 Å². The first kappa shape index (κ1) is 26.8. The molecule has 34 heavy (non-hydrogen) atoms. The zero-order chi connectivity index (χ0) is 25.1. The van der Waals surface area contributed by atoms with Crippen LogP contribution in [0.5, 0.6) is 5.75 Å². The summed E-state index contributed by atoms with van der Waals surface area (Å²) in [5.74, 6) is 0.790. The summed E-state index contributed by atoms with van der Waals surface area (Å²) in [6.07, 6.45) is 5.30. The van der Waals surface area contributed by atoms with Gasteiger partial charge in [0.05, 0.1) is 17.6 Å². The third-order valence-electron chi connectivity index (χ3n) is 7.91. The number of hydrogen-bond donors (Lipinski definition) is 1. The Morgan fingerprint density at radius 3 is 2.53 bits per heavy atom. The number of rotatable bonds is 8. The highest BCUT2D eigenvalue weighted by atomic mass is 35.5. The van der Waals surface area contributed by atoms with E-state index in [1.165, 1.54) is 4.90 Å². The second kappa shape index (κ2) is 10.4. The van der Waals surface area contributed by atoms with Crippen LogP contribution in [0.4, 0.5) is 4.79 Å². The first-order valence-electron chi connectivity index (χ1n) is 12.1. The third kappa shape index (κ3) is 6.04. The van der Waals surface area contributed by atoms with Crippen LogP contribution in [-0.4, -0.2) is 56.2 Å². The maximum atomic E-state index is 11.5. The molecule has 6 nitrogen and oxygen atoms in total. The minimum absolute atomic E-state index is 0.0194. The monoisotopic (exact) mass is 506 g/mol. The molecule has 8 heteroatoms. The van der Waals surface area contributed by atoms with Crippen LogP contribution in [0.1, 0.15) is 52.0 Å². The van der Waals surface area contributed by atoms with Crippen LogP contribution in [0.3, 0.4) is 0 Å². The summed E-state index contributed by atoms with van der Waals surface area (Å²) in [5.41, 5.74) is 1.98. The van der Waals surface area contributed by atoms with Gasteiger partial charge < -0.3 is 19.2 Å². The molecule has 0 unspecified atom stereocenters. The molecule has 1 aliphatic heterocycles. The third-order valence-corrected chi connectivity index (χ3v) is 12.7. The maximum absolute atomic E-state index is 11.5. The molecule has 3 rings (SSSR count). The summed E-state index contributed by atoms with van der Waals surface area (Å²) in [4.78, 5) is 17.5. The molecular formula is C26H39ClN2O4Si. The Balaban J connectivity index is 1.77. The van der Waals surface area contributed by atoms with Gasteiger partial charge in [0.25, 0.3) is 0 Å². The van der Waals surface area contributed by atoms with Gasteiger partial charge in [0, 0.05) is 31.3 Å². The van der Waals surface area contributed by atoms with Gasteiger partial charge in [0.15, 0.2) is 8.32 Å². The number of benzene rings is 1. The summed E-state index contributed by atoms with van der Waals surface area (Å²) >= 11 is 6.59. The molecule has 1 fully saturated rings. The molecule has 0 radical (unpaired) electrons. The van der Waals surface area contributed by atoms with Gasteiger partial charge in [-0.25, -0.2) is 4.79 Å². The highest BCUT2D eigenvalue weighted by Crippen LogP contribution is 2.42. The molecule has 0 aliphatic carbocycles. The molecular weight excluding hydrogens is 468 g/mol. The lowest BCUT2D eigenvalue weighted by Gasteiger charge is -2.45. The molecule has 1 amide bonds. The summed E-state index contributed by atoms with van der Waals surface area (Å²) in [6, 6.07) is 5.88.